The van der Waals surface area contributed by atoms with Gasteiger partial charge in [-0.2, -0.15) is 0 Å². The molecule has 1 heteroatoms. The Morgan fingerprint density at radius 3 is 1.75 bits per heavy atom. The maximum atomic E-state index is 2.30. The normalized spacial score (nSPS) is 19.1. The third-order valence-electron chi connectivity index (χ3n) is 4.72. The fourth-order valence-corrected chi connectivity index (χ4v) is 4.82. The monoisotopic (exact) mass is 297 g/mol. The first-order chi connectivity index (χ1) is 9.93. The van der Waals surface area contributed by atoms with Crippen LogP contribution < -0.4 is 0 Å². The van der Waals surface area contributed by atoms with Crippen LogP contribution in [0.1, 0.15) is 110 Å². The van der Waals surface area contributed by atoms with Crippen LogP contribution in [0.15, 0.2) is 0 Å². The van der Waals surface area contributed by atoms with E-state index in [-0.39, 0.29) is 0 Å². The highest BCUT2D eigenvalue weighted by Gasteiger charge is 2.10. The third kappa shape index (κ3) is 11.1. The molecule has 0 bridgehead atoms. The zero-order chi connectivity index (χ0) is 14.3. The minimum Gasteiger partial charge on any atom is -0.0775 e. The van der Waals surface area contributed by atoms with Crippen LogP contribution in [0.25, 0.3) is 0 Å². The summed E-state index contributed by atoms with van der Waals surface area (Å²) in [7, 11) is 1.79. The number of hydrogen-bond donors (Lipinski definition) is 0. The van der Waals surface area contributed by atoms with Gasteiger partial charge < -0.3 is 0 Å². The summed E-state index contributed by atoms with van der Waals surface area (Å²) in [6.45, 7) is 2.30. The summed E-state index contributed by atoms with van der Waals surface area (Å²) in [6, 6.07) is 0. The van der Waals surface area contributed by atoms with Gasteiger partial charge in [0.2, 0.25) is 0 Å². The molecule has 0 spiro atoms. The molecule has 1 rings (SSSR count). The van der Waals surface area contributed by atoms with Crippen molar-refractivity contribution in [1.29, 1.82) is 0 Å². The second-order valence-electron chi connectivity index (χ2n) is 6.73. The lowest BCUT2D eigenvalue weighted by molar-refractivity contribution is 0.585. The Morgan fingerprint density at radius 1 is 0.650 bits per heavy atom. The molecule has 119 valence electrons. The predicted octanol–water partition coefficient (Wildman–Crippen LogP) is 7.58. The molecule has 0 atom stereocenters. The summed E-state index contributed by atoms with van der Waals surface area (Å²) in [5.74, 6) is 0. The fraction of sp³-hybridized carbons (Fsp3) is 1.00. The molecular weight excluding hydrogens is 259 g/mol. The van der Waals surface area contributed by atoms with Gasteiger partial charge in [0, 0.05) is 0 Å². The molecule has 1 radical (unpaired) electrons. The molecule has 20 heavy (non-hydrogen) atoms. The summed E-state index contributed by atoms with van der Waals surface area (Å²) in [5.41, 5.74) is 1.05. The number of rotatable bonds is 10. The highest BCUT2D eigenvalue weighted by atomic mass is 31.1. The summed E-state index contributed by atoms with van der Waals surface area (Å²) in [5, 5.41) is 0. The molecule has 0 unspecified atom stereocenters. The minimum atomic E-state index is 1.05. The van der Waals surface area contributed by atoms with Gasteiger partial charge in [-0.1, -0.05) is 99.0 Å². The minimum absolute atomic E-state index is 1.05. The highest BCUT2D eigenvalue weighted by Crippen LogP contribution is 2.31. The van der Waals surface area contributed by atoms with E-state index in [9.17, 15) is 0 Å². The molecule has 0 nitrogen and oxygen atoms in total. The maximum Gasteiger partial charge on any atom is -0.0170 e. The standard InChI is InChI=1S/C19H38P/c1-2-3-4-5-6-9-12-15-18-20-19-16-13-10-7-8-11-14-17-19/h19H,2-18H2,1H3. The van der Waals surface area contributed by atoms with Crippen LogP contribution in [0.5, 0.6) is 0 Å². The summed E-state index contributed by atoms with van der Waals surface area (Å²) >= 11 is 0. The number of unbranched alkanes of at least 4 members (excludes halogenated alkanes) is 7. The zero-order valence-electron chi connectivity index (χ0n) is 14.0. The molecule has 1 aliphatic rings. The Balaban J connectivity index is 1.88. The average molecular weight is 297 g/mol. The van der Waals surface area contributed by atoms with Gasteiger partial charge in [-0.3, -0.25) is 0 Å². The Hall–Kier alpha value is 0.430. The molecule has 0 aromatic heterocycles. The largest absolute Gasteiger partial charge is 0.0775 e. The number of hydrogen-bond acceptors (Lipinski definition) is 0. The van der Waals surface area contributed by atoms with Crippen molar-refractivity contribution in [1.82, 2.24) is 0 Å². The van der Waals surface area contributed by atoms with Crippen molar-refractivity contribution < 1.29 is 0 Å². The Kier molecular flexibility index (Phi) is 13.3. The molecule has 0 N–H and O–H groups in total. The average Bonchev–Trinajstić information content (AvgIpc) is 2.59. The molecule has 0 amide bonds. The lowest BCUT2D eigenvalue weighted by atomic mass is 10.1. The molecule has 1 saturated carbocycles. The van der Waals surface area contributed by atoms with Gasteiger partial charge in [-0.15, -0.1) is 0 Å². The summed E-state index contributed by atoms with van der Waals surface area (Å²) in [4.78, 5) is 0. The highest BCUT2D eigenvalue weighted by molar-refractivity contribution is 7.38. The molecule has 1 fully saturated rings. The van der Waals surface area contributed by atoms with E-state index in [1.807, 2.05) is 0 Å². The van der Waals surface area contributed by atoms with E-state index in [0.29, 0.717) is 0 Å². The van der Waals surface area contributed by atoms with Crippen LogP contribution in [0, 0.1) is 0 Å². The second kappa shape index (κ2) is 14.4. The first-order valence-electron chi connectivity index (χ1n) is 9.60. The van der Waals surface area contributed by atoms with Crippen LogP contribution in [-0.2, 0) is 0 Å². The van der Waals surface area contributed by atoms with Crippen molar-refractivity contribution in [3.05, 3.63) is 0 Å². The van der Waals surface area contributed by atoms with E-state index in [0.717, 1.165) is 5.66 Å². The van der Waals surface area contributed by atoms with Crippen molar-refractivity contribution in [2.24, 2.45) is 0 Å². The van der Waals surface area contributed by atoms with Crippen LogP contribution >= 0.6 is 8.58 Å². The van der Waals surface area contributed by atoms with Crippen molar-refractivity contribution >= 4 is 8.58 Å². The van der Waals surface area contributed by atoms with E-state index < -0.39 is 0 Å². The Morgan fingerprint density at radius 2 is 1.15 bits per heavy atom. The summed E-state index contributed by atoms with van der Waals surface area (Å²) < 4.78 is 0. The third-order valence-corrected chi connectivity index (χ3v) is 6.33. The Labute approximate surface area is 130 Å². The van der Waals surface area contributed by atoms with Crippen LogP contribution in [0.2, 0.25) is 0 Å². The Bertz CT molecular complexity index is 180. The quantitative estimate of drug-likeness (QED) is 0.288. The molecule has 0 aliphatic heterocycles. The SMILES string of the molecule is CCCCCCCCCC[P]C1CCCCCCCC1. The van der Waals surface area contributed by atoms with Crippen molar-refractivity contribution in [2.45, 2.75) is 115 Å². The first-order valence-corrected chi connectivity index (χ1v) is 10.7. The lowest BCUT2D eigenvalue weighted by Crippen LogP contribution is -2.01. The van der Waals surface area contributed by atoms with Crippen LogP contribution in [0.4, 0.5) is 0 Å². The lowest BCUT2D eigenvalue weighted by Gasteiger charge is -2.14. The topological polar surface area (TPSA) is 0 Å². The van der Waals surface area contributed by atoms with Crippen molar-refractivity contribution in [3.63, 3.8) is 0 Å². The van der Waals surface area contributed by atoms with E-state index in [2.05, 4.69) is 6.92 Å². The molecule has 0 aromatic carbocycles. The van der Waals surface area contributed by atoms with Gasteiger partial charge in [0.05, 0.1) is 0 Å². The van der Waals surface area contributed by atoms with Gasteiger partial charge >= 0.3 is 0 Å². The van der Waals surface area contributed by atoms with E-state index >= 15 is 0 Å². The fourth-order valence-electron chi connectivity index (χ4n) is 3.31. The van der Waals surface area contributed by atoms with Gasteiger partial charge in [0.1, 0.15) is 0 Å². The molecule has 0 heterocycles. The van der Waals surface area contributed by atoms with Gasteiger partial charge in [-0.25, -0.2) is 0 Å². The maximum absolute atomic E-state index is 2.30. The van der Waals surface area contributed by atoms with E-state index in [4.69, 9.17) is 0 Å². The van der Waals surface area contributed by atoms with E-state index in [1.165, 1.54) is 109 Å². The van der Waals surface area contributed by atoms with Crippen LogP contribution in [-0.4, -0.2) is 11.8 Å². The second-order valence-corrected chi connectivity index (χ2v) is 8.28. The molecular formula is C19H38P. The van der Waals surface area contributed by atoms with Gasteiger partial charge in [0.15, 0.2) is 0 Å². The van der Waals surface area contributed by atoms with Gasteiger partial charge in [0.25, 0.3) is 0 Å². The van der Waals surface area contributed by atoms with Crippen LogP contribution in [0.3, 0.4) is 0 Å². The van der Waals surface area contributed by atoms with Crippen molar-refractivity contribution in [2.75, 3.05) is 6.16 Å². The van der Waals surface area contributed by atoms with Crippen molar-refractivity contribution in [3.8, 4) is 0 Å². The zero-order valence-corrected chi connectivity index (χ0v) is 14.9. The first kappa shape index (κ1) is 18.5. The smallest absolute Gasteiger partial charge is 0.0170 e. The van der Waals surface area contributed by atoms with E-state index in [1.54, 1.807) is 8.58 Å². The molecule has 0 aromatic rings. The van der Waals surface area contributed by atoms with Gasteiger partial charge in [-0.05, 0) is 31.1 Å². The predicted molar refractivity (Wildman–Crippen MR) is 95.1 cm³/mol. The molecule has 1 aliphatic carbocycles. The molecule has 0 saturated heterocycles. The summed E-state index contributed by atoms with van der Waals surface area (Å²) in [6.07, 6.45) is 25.3.